The van der Waals surface area contributed by atoms with Gasteiger partial charge in [0.05, 0.1) is 28.9 Å². The maximum atomic E-state index is 12.5. The molecule has 0 aliphatic rings. The highest BCUT2D eigenvalue weighted by Gasteiger charge is 2.13. The van der Waals surface area contributed by atoms with E-state index in [1.165, 1.54) is 25.3 Å². The minimum Gasteiger partial charge on any atom is -0.508 e. The van der Waals surface area contributed by atoms with Crippen molar-refractivity contribution < 1.29 is 14.9 Å². The highest BCUT2D eigenvalue weighted by atomic mass is 16.5. The molecule has 5 heteroatoms. The van der Waals surface area contributed by atoms with Crippen molar-refractivity contribution in [3.05, 3.63) is 40.6 Å². The largest absolute Gasteiger partial charge is 0.508 e. The second-order valence-electron chi connectivity index (χ2n) is 4.22. The number of H-pyrrole nitrogens is 1. The van der Waals surface area contributed by atoms with Crippen LogP contribution in [0.5, 0.6) is 17.2 Å². The molecule has 19 heavy (non-hydrogen) atoms. The predicted molar refractivity (Wildman–Crippen MR) is 72.0 cm³/mol. The number of methoxy groups -OCH3 is 1. The average molecular weight is 257 g/mol. The first-order valence-corrected chi connectivity index (χ1v) is 5.66. The van der Waals surface area contributed by atoms with E-state index in [-0.39, 0.29) is 28.1 Å². The number of rotatable bonds is 1. The standard InChI is InChI=1S/C14H11NO4/c1-19-11-6-7(16)5-9-13(11)14(18)12-8(15-9)3-2-4-10(12)17/h2-6,16-17H,1H3,(H,15,18). The molecule has 0 saturated carbocycles. The van der Waals surface area contributed by atoms with E-state index in [1.54, 1.807) is 12.1 Å². The van der Waals surface area contributed by atoms with E-state index in [0.29, 0.717) is 16.4 Å². The number of aromatic amines is 1. The summed E-state index contributed by atoms with van der Waals surface area (Å²) in [5.41, 5.74) is 0.629. The van der Waals surface area contributed by atoms with E-state index in [0.717, 1.165) is 0 Å². The predicted octanol–water partition coefficient (Wildman–Crippen LogP) is 2.10. The zero-order valence-electron chi connectivity index (χ0n) is 10.1. The number of aromatic hydroxyl groups is 2. The first-order chi connectivity index (χ1) is 9.11. The third-order valence-electron chi connectivity index (χ3n) is 3.07. The zero-order valence-corrected chi connectivity index (χ0v) is 10.1. The number of hydrogen-bond acceptors (Lipinski definition) is 4. The van der Waals surface area contributed by atoms with Crippen LogP contribution in [-0.4, -0.2) is 22.3 Å². The topological polar surface area (TPSA) is 82.6 Å². The van der Waals surface area contributed by atoms with Gasteiger partial charge in [0.15, 0.2) is 0 Å². The van der Waals surface area contributed by atoms with Gasteiger partial charge in [-0.1, -0.05) is 6.07 Å². The first kappa shape index (κ1) is 11.4. The van der Waals surface area contributed by atoms with E-state index >= 15 is 0 Å². The fourth-order valence-corrected chi connectivity index (χ4v) is 2.25. The maximum Gasteiger partial charge on any atom is 0.204 e. The molecule has 0 unspecified atom stereocenters. The number of phenols is 2. The van der Waals surface area contributed by atoms with Crippen LogP contribution in [0, 0.1) is 0 Å². The molecule has 0 spiro atoms. The van der Waals surface area contributed by atoms with E-state index in [2.05, 4.69) is 4.98 Å². The third kappa shape index (κ3) is 1.59. The van der Waals surface area contributed by atoms with Crippen molar-refractivity contribution in [2.24, 2.45) is 0 Å². The highest BCUT2D eigenvalue weighted by molar-refractivity contribution is 5.98. The average Bonchev–Trinajstić information content (AvgIpc) is 2.37. The molecule has 1 aromatic heterocycles. The minimum absolute atomic E-state index is 0.000460. The quantitative estimate of drug-likeness (QED) is 0.583. The van der Waals surface area contributed by atoms with Crippen molar-refractivity contribution in [3.8, 4) is 17.2 Å². The minimum atomic E-state index is -0.335. The van der Waals surface area contributed by atoms with Crippen LogP contribution in [-0.2, 0) is 0 Å². The van der Waals surface area contributed by atoms with Gasteiger partial charge in [-0.25, -0.2) is 0 Å². The van der Waals surface area contributed by atoms with E-state index < -0.39 is 0 Å². The van der Waals surface area contributed by atoms with Crippen molar-refractivity contribution in [1.82, 2.24) is 4.98 Å². The lowest BCUT2D eigenvalue weighted by Gasteiger charge is -2.08. The van der Waals surface area contributed by atoms with Gasteiger partial charge in [0.25, 0.3) is 0 Å². The van der Waals surface area contributed by atoms with Crippen molar-refractivity contribution in [2.75, 3.05) is 7.11 Å². The lowest BCUT2D eigenvalue weighted by molar-refractivity contribution is 0.412. The van der Waals surface area contributed by atoms with Crippen LogP contribution in [0.1, 0.15) is 0 Å². The van der Waals surface area contributed by atoms with Gasteiger partial charge < -0.3 is 19.9 Å². The number of phenolic OH excluding ortho intramolecular Hbond substituents is 2. The molecule has 2 aromatic carbocycles. The van der Waals surface area contributed by atoms with Gasteiger partial charge in [-0.3, -0.25) is 4.79 Å². The zero-order chi connectivity index (χ0) is 13.6. The first-order valence-electron chi connectivity index (χ1n) is 5.66. The Hall–Kier alpha value is -2.69. The van der Waals surface area contributed by atoms with Crippen LogP contribution in [0.4, 0.5) is 0 Å². The molecule has 1 heterocycles. The van der Waals surface area contributed by atoms with Gasteiger partial charge in [0.2, 0.25) is 5.43 Å². The van der Waals surface area contributed by atoms with Crippen LogP contribution >= 0.6 is 0 Å². The number of hydrogen-bond donors (Lipinski definition) is 3. The number of ether oxygens (including phenoxy) is 1. The highest BCUT2D eigenvalue weighted by Crippen LogP contribution is 2.30. The van der Waals surface area contributed by atoms with Crippen LogP contribution in [0.3, 0.4) is 0 Å². The summed E-state index contributed by atoms with van der Waals surface area (Å²) in [4.78, 5) is 15.5. The van der Waals surface area contributed by atoms with E-state index in [4.69, 9.17) is 4.74 Å². The Labute approximate surface area is 107 Å². The molecule has 0 atom stereocenters. The van der Waals surface area contributed by atoms with Crippen LogP contribution in [0.15, 0.2) is 35.1 Å². The lowest BCUT2D eigenvalue weighted by atomic mass is 10.1. The molecule has 0 fully saturated rings. The number of nitrogens with one attached hydrogen (secondary N) is 1. The Morgan fingerprint density at radius 2 is 1.89 bits per heavy atom. The fraction of sp³-hybridized carbons (Fsp3) is 0.0714. The molecular weight excluding hydrogens is 246 g/mol. The Morgan fingerprint density at radius 1 is 1.11 bits per heavy atom. The van der Waals surface area contributed by atoms with Crippen molar-refractivity contribution in [1.29, 1.82) is 0 Å². The van der Waals surface area contributed by atoms with Gasteiger partial charge in [-0.05, 0) is 12.1 Å². The molecule has 5 nitrogen and oxygen atoms in total. The SMILES string of the molecule is COc1cc(O)cc2[nH]c3cccc(O)c3c(=O)c12. The molecule has 0 radical (unpaired) electrons. The van der Waals surface area contributed by atoms with Crippen LogP contribution < -0.4 is 10.2 Å². The fourth-order valence-electron chi connectivity index (χ4n) is 2.25. The molecule has 3 rings (SSSR count). The van der Waals surface area contributed by atoms with Gasteiger partial charge in [-0.2, -0.15) is 0 Å². The molecule has 3 N–H and O–H groups in total. The summed E-state index contributed by atoms with van der Waals surface area (Å²) in [6.45, 7) is 0. The summed E-state index contributed by atoms with van der Waals surface area (Å²) in [7, 11) is 1.42. The van der Waals surface area contributed by atoms with E-state index in [9.17, 15) is 15.0 Å². The van der Waals surface area contributed by atoms with Crippen LogP contribution in [0.25, 0.3) is 21.8 Å². The Kier molecular flexibility index (Phi) is 2.35. The van der Waals surface area contributed by atoms with Gasteiger partial charge in [0, 0.05) is 12.1 Å². The normalized spacial score (nSPS) is 11.0. The monoisotopic (exact) mass is 257 g/mol. The number of fused-ring (bicyclic) bond motifs is 2. The summed E-state index contributed by atoms with van der Waals surface area (Å²) >= 11 is 0. The molecule has 0 amide bonds. The molecular formula is C14H11NO4. The second-order valence-corrected chi connectivity index (χ2v) is 4.22. The summed E-state index contributed by atoms with van der Waals surface area (Å²) in [5.74, 6) is 0.177. The molecule has 0 bridgehead atoms. The maximum absolute atomic E-state index is 12.5. The molecule has 3 aromatic rings. The summed E-state index contributed by atoms with van der Waals surface area (Å²) < 4.78 is 5.12. The van der Waals surface area contributed by atoms with Crippen molar-refractivity contribution in [2.45, 2.75) is 0 Å². The summed E-state index contributed by atoms with van der Waals surface area (Å²) in [5, 5.41) is 19.9. The van der Waals surface area contributed by atoms with Gasteiger partial charge in [0.1, 0.15) is 17.2 Å². The number of pyridine rings is 1. The van der Waals surface area contributed by atoms with Crippen LogP contribution in [0.2, 0.25) is 0 Å². The summed E-state index contributed by atoms with van der Waals surface area (Å²) in [6, 6.07) is 7.59. The molecule has 0 aliphatic heterocycles. The number of aromatic nitrogens is 1. The molecule has 0 aliphatic carbocycles. The third-order valence-corrected chi connectivity index (χ3v) is 3.07. The Bertz CT molecular complexity index is 851. The van der Waals surface area contributed by atoms with Gasteiger partial charge >= 0.3 is 0 Å². The number of benzene rings is 2. The Balaban J connectivity index is 2.62. The van der Waals surface area contributed by atoms with Gasteiger partial charge in [-0.15, -0.1) is 0 Å². The lowest BCUT2D eigenvalue weighted by Crippen LogP contribution is -2.06. The molecule has 0 saturated heterocycles. The van der Waals surface area contributed by atoms with Crippen molar-refractivity contribution >= 4 is 21.8 Å². The smallest absolute Gasteiger partial charge is 0.204 e. The van der Waals surface area contributed by atoms with E-state index in [1.807, 2.05) is 0 Å². The molecule has 96 valence electrons. The Morgan fingerprint density at radius 3 is 2.63 bits per heavy atom. The summed E-state index contributed by atoms with van der Waals surface area (Å²) in [6.07, 6.45) is 0. The van der Waals surface area contributed by atoms with Crippen molar-refractivity contribution in [3.63, 3.8) is 0 Å². The second kappa shape index (κ2) is 3.91.